The predicted molar refractivity (Wildman–Crippen MR) is 100 cm³/mol. The molecule has 0 atom stereocenters. The first-order chi connectivity index (χ1) is 12.0. The molecule has 0 aliphatic heterocycles. The van der Waals surface area contributed by atoms with Crippen LogP contribution in [0.25, 0.3) is 22.4 Å². The number of aromatic nitrogens is 1. The first kappa shape index (κ1) is 16.5. The van der Waals surface area contributed by atoms with Crippen molar-refractivity contribution in [2.24, 2.45) is 0 Å². The maximum Gasteiger partial charge on any atom is 0.142 e. The lowest BCUT2D eigenvalue weighted by atomic mass is 9.96. The minimum absolute atomic E-state index is 0.234. The zero-order valence-corrected chi connectivity index (χ0v) is 14.5. The fraction of sp³-hybridized carbons (Fsp3) is 0.143. The molecule has 0 aliphatic carbocycles. The number of hydrogen-bond donors (Lipinski definition) is 1. The highest BCUT2D eigenvalue weighted by atomic mass is 16.5. The number of ether oxygens (including phenoxy) is 1. The van der Waals surface area contributed by atoms with E-state index in [4.69, 9.17) is 10.5 Å². The van der Waals surface area contributed by atoms with Gasteiger partial charge in [0, 0.05) is 11.1 Å². The van der Waals surface area contributed by atoms with E-state index >= 15 is 0 Å². The first-order valence-corrected chi connectivity index (χ1v) is 7.96. The number of methoxy groups -OCH3 is 1. The topological polar surface area (TPSA) is 71.9 Å². The Bertz CT molecular complexity index is 987. The summed E-state index contributed by atoms with van der Waals surface area (Å²) in [4.78, 5) is 4.46. The fourth-order valence-corrected chi connectivity index (χ4v) is 2.94. The van der Waals surface area contributed by atoms with Crippen molar-refractivity contribution < 1.29 is 4.74 Å². The number of aryl methyl sites for hydroxylation is 2. The summed E-state index contributed by atoms with van der Waals surface area (Å²) in [5.41, 5.74) is 12.2. The summed E-state index contributed by atoms with van der Waals surface area (Å²) in [5.74, 6) is 0.961. The second-order valence-electron chi connectivity index (χ2n) is 5.98. The van der Waals surface area contributed by atoms with Gasteiger partial charge in [0.05, 0.1) is 12.8 Å². The number of anilines is 1. The van der Waals surface area contributed by atoms with Crippen LogP contribution in [-0.4, -0.2) is 12.1 Å². The van der Waals surface area contributed by atoms with Gasteiger partial charge in [0.2, 0.25) is 0 Å². The molecule has 1 heterocycles. The Morgan fingerprint density at radius 2 is 1.84 bits per heavy atom. The molecule has 3 aromatic rings. The van der Waals surface area contributed by atoms with Crippen LogP contribution in [0, 0.1) is 25.2 Å². The molecule has 0 saturated heterocycles. The molecule has 0 fully saturated rings. The van der Waals surface area contributed by atoms with Crippen LogP contribution in [0.15, 0.2) is 48.5 Å². The lowest BCUT2D eigenvalue weighted by molar-refractivity contribution is 0.415. The van der Waals surface area contributed by atoms with Gasteiger partial charge in [-0.3, -0.25) is 0 Å². The van der Waals surface area contributed by atoms with Gasteiger partial charge in [0.1, 0.15) is 23.2 Å². The smallest absolute Gasteiger partial charge is 0.142 e. The van der Waals surface area contributed by atoms with Crippen LogP contribution in [0.4, 0.5) is 5.82 Å². The summed E-state index contributed by atoms with van der Waals surface area (Å²) in [5, 5.41) is 9.54. The molecule has 0 aliphatic rings. The number of nitrogens with two attached hydrogens (primary N) is 1. The van der Waals surface area contributed by atoms with E-state index in [-0.39, 0.29) is 5.82 Å². The normalized spacial score (nSPS) is 10.3. The van der Waals surface area contributed by atoms with Crippen LogP contribution >= 0.6 is 0 Å². The molecule has 4 heteroatoms. The highest BCUT2D eigenvalue weighted by Gasteiger charge is 2.15. The molecule has 0 bridgehead atoms. The second-order valence-corrected chi connectivity index (χ2v) is 5.98. The van der Waals surface area contributed by atoms with Gasteiger partial charge in [-0.2, -0.15) is 5.26 Å². The fourth-order valence-electron chi connectivity index (χ4n) is 2.94. The van der Waals surface area contributed by atoms with Crippen LogP contribution in [-0.2, 0) is 0 Å². The summed E-state index contributed by atoms with van der Waals surface area (Å²) >= 11 is 0. The molecule has 2 N–H and O–H groups in total. The van der Waals surface area contributed by atoms with E-state index in [2.05, 4.69) is 24.0 Å². The zero-order valence-electron chi connectivity index (χ0n) is 14.5. The first-order valence-electron chi connectivity index (χ1n) is 7.96. The molecule has 1 aromatic heterocycles. The third-order valence-electron chi connectivity index (χ3n) is 4.20. The zero-order chi connectivity index (χ0) is 18.0. The van der Waals surface area contributed by atoms with Gasteiger partial charge < -0.3 is 10.5 Å². The Balaban J connectivity index is 2.24. The number of hydrogen-bond acceptors (Lipinski definition) is 4. The molecule has 0 amide bonds. The van der Waals surface area contributed by atoms with Crippen molar-refractivity contribution in [1.82, 2.24) is 4.98 Å². The maximum atomic E-state index is 9.54. The van der Waals surface area contributed by atoms with Crippen LogP contribution < -0.4 is 10.5 Å². The van der Waals surface area contributed by atoms with E-state index in [0.29, 0.717) is 5.56 Å². The SMILES string of the molecule is COc1cccc(-c2cc(-c3ccc(C)cc3C)nc(N)c2C#N)c1. The minimum atomic E-state index is 0.234. The van der Waals surface area contributed by atoms with E-state index in [0.717, 1.165) is 33.7 Å². The van der Waals surface area contributed by atoms with Gasteiger partial charge in [0.25, 0.3) is 0 Å². The van der Waals surface area contributed by atoms with Crippen molar-refractivity contribution in [1.29, 1.82) is 5.26 Å². The van der Waals surface area contributed by atoms with Gasteiger partial charge >= 0.3 is 0 Å². The van der Waals surface area contributed by atoms with Gasteiger partial charge in [-0.15, -0.1) is 0 Å². The second kappa shape index (κ2) is 6.66. The van der Waals surface area contributed by atoms with Crippen molar-refractivity contribution >= 4 is 5.82 Å². The van der Waals surface area contributed by atoms with E-state index in [9.17, 15) is 5.26 Å². The lowest BCUT2D eigenvalue weighted by Gasteiger charge is -2.13. The minimum Gasteiger partial charge on any atom is -0.497 e. The Kier molecular flexibility index (Phi) is 4.40. The number of nitrogens with zero attached hydrogens (tertiary/aromatic N) is 2. The Morgan fingerprint density at radius 3 is 2.52 bits per heavy atom. The average Bonchev–Trinajstić information content (AvgIpc) is 2.61. The highest BCUT2D eigenvalue weighted by molar-refractivity contribution is 5.81. The molecule has 0 radical (unpaired) electrons. The van der Waals surface area contributed by atoms with E-state index in [1.807, 2.05) is 49.4 Å². The van der Waals surface area contributed by atoms with E-state index in [1.54, 1.807) is 7.11 Å². The molecular formula is C21H19N3O. The van der Waals surface area contributed by atoms with Gasteiger partial charge in [-0.25, -0.2) is 4.98 Å². The Labute approximate surface area is 147 Å². The molecule has 3 rings (SSSR count). The maximum absolute atomic E-state index is 9.54. The Hall–Kier alpha value is -3.32. The molecule has 25 heavy (non-hydrogen) atoms. The third kappa shape index (κ3) is 3.17. The summed E-state index contributed by atoms with van der Waals surface area (Å²) in [6.45, 7) is 4.10. The molecule has 124 valence electrons. The third-order valence-corrected chi connectivity index (χ3v) is 4.20. The van der Waals surface area contributed by atoms with Crippen molar-refractivity contribution in [3.8, 4) is 34.2 Å². The van der Waals surface area contributed by atoms with E-state index < -0.39 is 0 Å². The molecule has 0 unspecified atom stereocenters. The molecule has 0 spiro atoms. The van der Waals surface area contributed by atoms with Crippen LogP contribution in [0.1, 0.15) is 16.7 Å². The van der Waals surface area contributed by atoms with Gasteiger partial charge in [-0.05, 0) is 43.2 Å². The predicted octanol–water partition coefficient (Wildman–Crippen LogP) is 4.49. The van der Waals surface area contributed by atoms with Crippen molar-refractivity contribution in [2.75, 3.05) is 12.8 Å². The average molecular weight is 329 g/mol. The van der Waals surface area contributed by atoms with Gasteiger partial charge in [-0.1, -0.05) is 35.9 Å². The van der Waals surface area contributed by atoms with Crippen molar-refractivity contribution in [2.45, 2.75) is 13.8 Å². The quantitative estimate of drug-likeness (QED) is 0.768. The number of rotatable bonds is 3. The van der Waals surface area contributed by atoms with Crippen LogP contribution in [0.5, 0.6) is 5.75 Å². The summed E-state index contributed by atoms with van der Waals surface area (Å²) < 4.78 is 5.30. The summed E-state index contributed by atoms with van der Waals surface area (Å²) in [6, 6.07) is 17.9. The lowest BCUT2D eigenvalue weighted by Crippen LogP contribution is -2.00. The Morgan fingerprint density at radius 1 is 1.04 bits per heavy atom. The number of benzene rings is 2. The number of nitriles is 1. The van der Waals surface area contributed by atoms with Crippen LogP contribution in [0.3, 0.4) is 0 Å². The van der Waals surface area contributed by atoms with Crippen molar-refractivity contribution in [3.63, 3.8) is 0 Å². The van der Waals surface area contributed by atoms with Crippen LogP contribution in [0.2, 0.25) is 0 Å². The van der Waals surface area contributed by atoms with Crippen molar-refractivity contribution in [3.05, 3.63) is 65.2 Å². The standard InChI is InChI=1S/C21H19N3O/c1-13-7-8-17(14(2)9-13)20-11-18(19(12-22)21(23)24-20)15-5-4-6-16(10-15)25-3/h4-11H,1-3H3,(H2,23,24). The van der Waals surface area contributed by atoms with E-state index in [1.165, 1.54) is 5.56 Å². The monoisotopic (exact) mass is 329 g/mol. The number of nitrogen functional groups attached to an aromatic ring is 1. The molecular weight excluding hydrogens is 310 g/mol. The summed E-state index contributed by atoms with van der Waals surface area (Å²) in [7, 11) is 1.62. The largest absolute Gasteiger partial charge is 0.497 e. The molecule has 2 aromatic carbocycles. The number of pyridine rings is 1. The van der Waals surface area contributed by atoms with Gasteiger partial charge in [0.15, 0.2) is 0 Å². The molecule has 4 nitrogen and oxygen atoms in total. The summed E-state index contributed by atoms with van der Waals surface area (Å²) in [6.07, 6.45) is 0. The highest BCUT2D eigenvalue weighted by Crippen LogP contribution is 2.33. The molecule has 0 saturated carbocycles.